The molecule has 0 amide bonds. The number of hydrogen-bond donors (Lipinski definition) is 8. The average molecular weight is 609 g/mol. The van der Waals surface area contributed by atoms with Crippen molar-refractivity contribution in [3.63, 3.8) is 0 Å². The fraction of sp³-hybridized carbons (Fsp3) is 0.464. The Kier molecular flexibility index (Phi) is 8.80. The molecule has 0 saturated carbocycles. The van der Waals surface area contributed by atoms with E-state index in [2.05, 4.69) is 0 Å². The summed E-state index contributed by atoms with van der Waals surface area (Å²) in [6.07, 6.45) is -16.2. The molecular formula is C28H32O15. The Bertz CT molecular complexity index is 1510. The number of rotatable bonds is 7. The van der Waals surface area contributed by atoms with Gasteiger partial charge in [-0.05, 0) is 19.1 Å². The van der Waals surface area contributed by atoms with E-state index in [0.717, 1.165) is 0 Å². The van der Waals surface area contributed by atoms with Crippen LogP contribution in [-0.2, 0) is 14.2 Å². The molecule has 0 aliphatic carbocycles. The van der Waals surface area contributed by atoms with E-state index in [-0.39, 0.29) is 33.8 Å². The van der Waals surface area contributed by atoms with E-state index in [1.807, 2.05) is 0 Å². The molecule has 234 valence electrons. The number of phenolic OH excluding ortho intramolecular Hbond substituents is 2. The smallest absolute Gasteiger partial charge is 0.239 e. The molecule has 10 unspecified atom stereocenters. The largest absolute Gasteiger partial charge is 0.508 e. The molecule has 5 rings (SSSR count). The normalized spacial score (nSPS) is 32.9. The minimum absolute atomic E-state index is 0.103. The minimum Gasteiger partial charge on any atom is -0.508 e. The molecule has 0 bridgehead atoms. The van der Waals surface area contributed by atoms with Crippen molar-refractivity contribution in [2.45, 2.75) is 68.3 Å². The number of hydrogen-bond acceptors (Lipinski definition) is 15. The van der Waals surface area contributed by atoms with Gasteiger partial charge in [0.2, 0.25) is 17.5 Å². The number of phenols is 2. The van der Waals surface area contributed by atoms with Crippen molar-refractivity contribution in [1.82, 2.24) is 0 Å². The monoisotopic (exact) mass is 608 g/mol. The number of methoxy groups -OCH3 is 1. The van der Waals surface area contributed by atoms with Gasteiger partial charge < -0.3 is 69.0 Å². The maximum Gasteiger partial charge on any atom is 0.239 e. The molecule has 1 aromatic heterocycles. The summed E-state index contributed by atoms with van der Waals surface area (Å²) in [7, 11) is 1.34. The van der Waals surface area contributed by atoms with Crippen LogP contribution in [0.2, 0.25) is 0 Å². The fourth-order valence-corrected chi connectivity index (χ4v) is 5.01. The molecule has 2 aliphatic heterocycles. The molecule has 43 heavy (non-hydrogen) atoms. The molecule has 10 atom stereocenters. The van der Waals surface area contributed by atoms with Crippen LogP contribution in [0, 0.1) is 0 Å². The van der Waals surface area contributed by atoms with Gasteiger partial charge in [-0.3, -0.25) is 4.79 Å². The first-order valence-corrected chi connectivity index (χ1v) is 13.3. The lowest BCUT2D eigenvalue weighted by Crippen LogP contribution is -2.64. The third kappa shape index (κ3) is 5.74. The average Bonchev–Trinajstić information content (AvgIpc) is 2.98. The van der Waals surface area contributed by atoms with Gasteiger partial charge in [0.1, 0.15) is 64.8 Å². The highest BCUT2D eigenvalue weighted by Crippen LogP contribution is 2.38. The topological polar surface area (TPSA) is 238 Å². The predicted molar refractivity (Wildman–Crippen MR) is 143 cm³/mol. The Hall–Kier alpha value is -3.51. The Morgan fingerprint density at radius 2 is 1.63 bits per heavy atom. The summed E-state index contributed by atoms with van der Waals surface area (Å²) in [5.41, 5.74) is -0.862. The van der Waals surface area contributed by atoms with Gasteiger partial charge in [0.05, 0.1) is 19.8 Å². The Morgan fingerprint density at radius 1 is 0.884 bits per heavy atom. The molecule has 8 N–H and O–H groups in total. The second-order valence-electron chi connectivity index (χ2n) is 10.3. The Balaban J connectivity index is 1.61. The summed E-state index contributed by atoms with van der Waals surface area (Å²) in [4.78, 5) is 13.8. The van der Waals surface area contributed by atoms with Crippen LogP contribution >= 0.6 is 0 Å². The van der Waals surface area contributed by atoms with E-state index in [1.54, 1.807) is 0 Å². The van der Waals surface area contributed by atoms with E-state index in [1.165, 1.54) is 50.4 Å². The standard InChI is InChI=1S/C28H32O15/c1-10-18(32)21(35)23(37)27(39-10)43-26-22(36)19(33)16(9-29)41-28(26)42-25-20(34)17-14(31)7-13(38-2)8-15(17)40-24(25)11-4-3-5-12(30)6-11/h3-8,10,16,18-19,21-23,26-33,35-37H,9H2,1-2H3. The molecule has 15 nitrogen and oxygen atoms in total. The predicted octanol–water partition coefficient (Wildman–Crippen LogP) is -1.09. The van der Waals surface area contributed by atoms with Gasteiger partial charge in [0, 0.05) is 17.7 Å². The third-order valence-corrected chi connectivity index (χ3v) is 7.41. The molecule has 3 aromatic rings. The lowest BCUT2D eigenvalue weighted by molar-refractivity contribution is -0.354. The summed E-state index contributed by atoms with van der Waals surface area (Å²) < 4.78 is 33.9. The molecule has 0 spiro atoms. The summed E-state index contributed by atoms with van der Waals surface area (Å²) in [5, 5.41) is 82.5. The van der Waals surface area contributed by atoms with Crippen LogP contribution < -0.4 is 14.9 Å². The first-order chi connectivity index (χ1) is 20.4. The maximum absolute atomic E-state index is 13.8. The number of benzene rings is 2. The molecule has 2 aromatic carbocycles. The minimum atomic E-state index is -1.86. The highest BCUT2D eigenvalue weighted by Gasteiger charge is 2.51. The first-order valence-electron chi connectivity index (χ1n) is 13.3. The van der Waals surface area contributed by atoms with E-state index in [4.69, 9.17) is 28.1 Å². The van der Waals surface area contributed by atoms with Crippen molar-refractivity contribution >= 4 is 11.0 Å². The zero-order chi connectivity index (χ0) is 31.2. The molecule has 0 radical (unpaired) electrons. The van der Waals surface area contributed by atoms with Crippen molar-refractivity contribution in [2.75, 3.05) is 13.7 Å². The quantitative estimate of drug-likeness (QED) is 0.159. The van der Waals surface area contributed by atoms with Gasteiger partial charge in [-0.2, -0.15) is 0 Å². The Morgan fingerprint density at radius 3 is 2.30 bits per heavy atom. The van der Waals surface area contributed by atoms with E-state index < -0.39 is 84.9 Å². The molecule has 2 saturated heterocycles. The number of aromatic hydroxyl groups is 2. The van der Waals surface area contributed by atoms with Crippen LogP contribution in [-0.4, -0.2) is 116 Å². The third-order valence-electron chi connectivity index (χ3n) is 7.41. The maximum atomic E-state index is 13.8. The Labute approximate surface area is 243 Å². The summed E-state index contributed by atoms with van der Waals surface area (Å²) in [6.45, 7) is 0.611. The van der Waals surface area contributed by atoms with Crippen molar-refractivity contribution in [1.29, 1.82) is 0 Å². The lowest BCUT2D eigenvalue weighted by atomic mass is 9.97. The van der Waals surface area contributed by atoms with Crippen LogP contribution in [0.1, 0.15) is 6.92 Å². The highest BCUT2D eigenvalue weighted by atomic mass is 16.8. The van der Waals surface area contributed by atoms with Crippen LogP contribution in [0.5, 0.6) is 23.0 Å². The van der Waals surface area contributed by atoms with Crippen molar-refractivity contribution < 1.29 is 69.0 Å². The fourth-order valence-electron chi connectivity index (χ4n) is 5.01. The van der Waals surface area contributed by atoms with Gasteiger partial charge in [0.25, 0.3) is 0 Å². The first kappa shape index (κ1) is 30.9. The van der Waals surface area contributed by atoms with E-state index in [9.17, 15) is 45.6 Å². The van der Waals surface area contributed by atoms with Crippen molar-refractivity contribution in [3.05, 3.63) is 46.6 Å². The van der Waals surface area contributed by atoms with Gasteiger partial charge in [-0.1, -0.05) is 12.1 Å². The van der Waals surface area contributed by atoms with E-state index >= 15 is 0 Å². The van der Waals surface area contributed by atoms with Crippen LogP contribution in [0.25, 0.3) is 22.3 Å². The second-order valence-corrected chi connectivity index (χ2v) is 10.3. The van der Waals surface area contributed by atoms with Crippen LogP contribution in [0.4, 0.5) is 0 Å². The van der Waals surface area contributed by atoms with Crippen LogP contribution in [0.15, 0.2) is 45.6 Å². The lowest BCUT2D eigenvalue weighted by Gasteiger charge is -2.45. The molecule has 3 heterocycles. The zero-order valence-electron chi connectivity index (χ0n) is 22.9. The van der Waals surface area contributed by atoms with Crippen molar-refractivity contribution in [2.24, 2.45) is 0 Å². The summed E-state index contributed by atoms with van der Waals surface area (Å²) in [5.74, 6) is -1.36. The van der Waals surface area contributed by atoms with Gasteiger partial charge in [0.15, 0.2) is 18.2 Å². The summed E-state index contributed by atoms with van der Waals surface area (Å²) in [6, 6.07) is 8.11. The van der Waals surface area contributed by atoms with Gasteiger partial charge in [-0.15, -0.1) is 0 Å². The number of aliphatic hydroxyl groups excluding tert-OH is 6. The molecule has 2 fully saturated rings. The van der Waals surface area contributed by atoms with E-state index in [0.29, 0.717) is 0 Å². The second kappa shape index (κ2) is 12.2. The SMILES string of the molecule is COc1cc(O)c2c(=O)c(OC3OC(CO)C(O)C(O)C3OC3OC(C)C(O)C(O)C3O)c(-c3cccc(O)c3)oc2c1. The van der Waals surface area contributed by atoms with Crippen molar-refractivity contribution in [3.8, 4) is 34.3 Å². The number of aliphatic hydroxyl groups is 6. The number of fused-ring (bicyclic) bond motifs is 1. The van der Waals surface area contributed by atoms with Crippen LogP contribution in [0.3, 0.4) is 0 Å². The highest BCUT2D eigenvalue weighted by molar-refractivity contribution is 5.88. The molecular weight excluding hydrogens is 576 g/mol. The van der Waals surface area contributed by atoms with Gasteiger partial charge >= 0.3 is 0 Å². The zero-order valence-corrected chi connectivity index (χ0v) is 22.9. The summed E-state index contributed by atoms with van der Waals surface area (Å²) >= 11 is 0. The molecule has 15 heteroatoms. The van der Waals surface area contributed by atoms with Gasteiger partial charge in [-0.25, -0.2) is 0 Å². The number of ether oxygens (including phenoxy) is 5. The molecule has 2 aliphatic rings.